The van der Waals surface area contributed by atoms with Crippen LogP contribution in [0.3, 0.4) is 0 Å². The molecular weight excluding hydrogens is 476 g/mol. The highest BCUT2D eigenvalue weighted by molar-refractivity contribution is 5.97. The molecule has 2 aliphatic rings. The number of pyridine rings is 1. The van der Waals surface area contributed by atoms with Gasteiger partial charge in [-0.15, -0.1) is 0 Å². The average molecular weight is 508 g/mol. The Bertz CT molecular complexity index is 1340. The Morgan fingerprint density at radius 2 is 1.81 bits per heavy atom. The number of aromatic nitrogens is 1. The third-order valence-electron chi connectivity index (χ3n) is 6.85. The number of ether oxygens (including phenoxy) is 1. The summed E-state index contributed by atoms with van der Waals surface area (Å²) in [5.74, 6) is -0.993. The second-order valence-electron chi connectivity index (χ2n) is 9.88. The first-order chi connectivity index (χ1) is 17.8. The van der Waals surface area contributed by atoms with Crippen molar-refractivity contribution >= 4 is 11.7 Å². The number of nitrogens with zero attached hydrogens (tertiary/aromatic N) is 2. The number of hydrogen-bond donors (Lipinski definition) is 3. The van der Waals surface area contributed by atoms with Crippen molar-refractivity contribution in [2.45, 2.75) is 31.9 Å². The van der Waals surface area contributed by atoms with Crippen LogP contribution in [0.4, 0.5) is 14.6 Å². The van der Waals surface area contributed by atoms with Crippen molar-refractivity contribution in [2.24, 2.45) is 0 Å². The molecule has 194 valence electrons. The Labute approximate surface area is 215 Å². The maximum atomic E-state index is 15.2. The minimum atomic E-state index is -0.734. The van der Waals surface area contributed by atoms with Crippen LogP contribution in [-0.2, 0) is 13.0 Å². The molecular formula is C28H31F2N5O2. The summed E-state index contributed by atoms with van der Waals surface area (Å²) in [5, 5.41) is 6.05. The first-order valence-electron chi connectivity index (χ1n) is 12.5. The lowest BCUT2D eigenvalue weighted by Crippen LogP contribution is -2.34. The summed E-state index contributed by atoms with van der Waals surface area (Å²) >= 11 is 0. The van der Waals surface area contributed by atoms with E-state index in [9.17, 15) is 4.79 Å². The molecule has 1 amide bonds. The lowest BCUT2D eigenvalue weighted by molar-refractivity contribution is 0.0945. The van der Waals surface area contributed by atoms with E-state index in [0.29, 0.717) is 30.6 Å². The summed E-state index contributed by atoms with van der Waals surface area (Å²) in [5.41, 5.74) is 9.30. The molecule has 0 bridgehead atoms. The fourth-order valence-electron chi connectivity index (χ4n) is 4.99. The minimum Gasteiger partial charge on any atom is -0.490 e. The summed E-state index contributed by atoms with van der Waals surface area (Å²) in [7, 11) is 3.92. The highest BCUT2D eigenvalue weighted by atomic mass is 19.1. The first-order valence-corrected chi connectivity index (χ1v) is 12.5. The third kappa shape index (κ3) is 5.28. The molecule has 4 N–H and O–H groups in total. The van der Waals surface area contributed by atoms with Gasteiger partial charge in [0.1, 0.15) is 23.5 Å². The maximum absolute atomic E-state index is 15.2. The number of benzene rings is 2. The zero-order chi connectivity index (χ0) is 26.1. The normalized spacial score (nSPS) is 16.0. The van der Waals surface area contributed by atoms with E-state index in [2.05, 4.69) is 15.6 Å². The van der Waals surface area contributed by atoms with Gasteiger partial charge in [-0.1, -0.05) is 6.07 Å². The third-order valence-corrected chi connectivity index (χ3v) is 6.85. The molecule has 0 unspecified atom stereocenters. The first kappa shape index (κ1) is 25.1. The van der Waals surface area contributed by atoms with Crippen molar-refractivity contribution in [3.05, 3.63) is 64.9 Å². The molecule has 7 nitrogen and oxygen atoms in total. The number of fused-ring (bicyclic) bond motifs is 1. The Morgan fingerprint density at radius 3 is 2.57 bits per heavy atom. The van der Waals surface area contributed by atoms with E-state index in [1.54, 1.807) is 12.1 Å². The SMILES string of the molecule is CN(C)Cc1cc(-c2cc(-c3cc4c(cc3F)C(=O)NCC4)c(N)nc2F)ccc1OC1CCNCC1. The van der Waals surface area contributed by atoms with Crippen molar-refractivity contribution in [2.75, 3.05) is 39.5 Å². The van der Waals surface area contributed by atoms with Crippen LogP contribution >= 0.6 is 0 Å². The quantitative estimate of drug-likeness (QED) is 0.440. The molecule has 1 aromatic heterocycles. The van der Waals surface area contributed by atoms with Crippen LogP contribution in [0, 0.1) is 11.8 Å². The van der Waals surface area contributed by atoms with Gasteiger partial charge in [0.05, 0.1) is 0 Å². The molecule has 9 heteroatoms. The highest BCUT2D eigenvalue weighted by Crippen LogP contribution is 2.36. The molecule has 0 spiro atoms. The van der Waals surface area contributed by atoms with E-state index in [4.69, 9.17) is 10.5 Å². The van der Waals surface area contributed by atoms with Crippen molar-refractivity contribution in [3.63, 3.8) is 0 Å². The summed E-state index contributed by atoms with van der Waals surface area (Å²) in [6.45, 7) is 2.91. The van der Waals surface area contributed by atoms with Gasteiger partial charge in [-0.3, -0.25) is 4.79 Å². The molecule has 1 saturated heterocycles. The topological polar surface area (TPSA) is 92.5 Å². The molecule has 2 aromatic carbocycles. The zero-order valence-corrected chi connectivity index (χ0v) is 21.0. The predicted molar refractivity (Wildman–Crippen MR) is 139 cm³/mol. The van der Waals surface area contributed by atoms with Crippen molar-refractivity contribution in [1.82, 2.24) is 20.5 Å². The average Bonchev–Trinajstić information content (AvgIpc) is 2.86. The zero-order valence-electron chi connectivity index (χ0n) is 21.0. The number of anilines is 1. The van der Waals surface area contributed by atoms with Crippen molar-refractivity contribution in [3.8, 4) is 28.0 Å². The highest BCUT2D eigenvalue weighted by Gasteiger charge is 2.23. The monoisotopic (exact) mass is 507 g/mol. The van der Waals surface area contributed by atoms with E-state index in [1.165, 1.54) is 12.1 Å². The minimum absolute atomic E-state index is 0.111. The summed E-state index contributed by atoms with van der Waals surface area (Å²) < 4.78 is 36.6. The number of nitrogens with one attached hydrogen (secondary N) is 2. The lowest BCUT2D eigenvalue weighted by Gasteiger charge is -2.26. The molecule has 0 radical (unpaired) electrons. The number of carbonyl (C=O) groups excluding carboxylic acids is 1. The van der Waals surface area contributed by atoms with Crippen LogP contribution in [0.2, 0.25) is 0 Å². The molecule has 0 aliphatic carbocycles. The maximum Gasteiger partial charge on any atom is 0.251 e. The molecule has 3 aromatic rings. The molecule has 1 fully saturated rings. The Morgan fingerprint density at radius 1 is 1.03 bits per heavy atom. The number of carbonyl (C=O) groups is 1. The summed E-state index contributed by atoms with van der Waals surface area (Å²) in [4.78, 5) is 18.1. The summed E-state index contributed by atoms with van der Waals surface area (Å²) in [6.07, 6.45) is 2.56. The molecule has 0 saturated carbocycles. The van der Waals surface area contributed by atoms with Gasteiger partial charge >= 0.3 is 0 Å². The number of halogens is 2. The Kier molecular flexibility index (Phi) is 7.08. The smallest absolute Gasteiger partial charge is 0.251 e. The fourth-order valence-corrected chi connectivity index (χ4v) is 4.99. The number of amides is 1. The van der Waals surface area contributed by atoms with Gasteiger partial charge in [-0.2, -0.15) is 4.39 Å². The van der Waals surface area contributed by atoms with Crippen LogP contribution in [-0.4, -0.2) is 55.6 Å². The van der Waals surface area contributed by atoms with E-state index < -0.39 is 11.8 Å². The van der Waals surface area contributed by atoms with E-state index in [1.807, 2.05) is 31.1 Å². The van der Waals surface area contributed by atoms with Crippen LogP contribution < -0.4 is 21.1 Å². The predicted octanol–water partition coefficient (Wildman–Crippen LogP) is 3.75. The fraction of sp³-hybridized carbons (Fsp3) is 0.357. The lowest BCUT2D eigenvalue weighted by atomic mass is 9.93. The van der Waals surface area contributed by atoms with Crippen LogP contribution in [0.15, 0.2) is 36.4 Å². The van der Waals surface area contributed by atoms with Gasteiger partial charge in [0.2, 0.25) is 5.95 Å². The molecule has 5 rings (SSSR count). The standard InChI is InChI=1S/C28H31F2N5O2/c1-35(2)15-18-11-16(3-4-25(18)37-19-6-8-32-9-7-19)20-13-23(27(31)34-26(20)30)22-12-17-5-10-33-28(36)21(17)14-24(22)29/h3-4,11-14,19,32H,5-10,15H2,1-2H3,(H2,31,34)(H,33,36). The van der Waals surface area contributed by atoms with Gasteiger partial charge in [0, 0.05) is 40.9 Å². The number of hydrogen-bond acceptors (Lipinski definition) is 6. The van der Waals surface area contributed by atoms with Gasteiger partial charge in [0.25, 0.3) is 5.91 Å². The molecule has 37 heavy (non-hydrogen) atoms. The number of piperidine rings is 1. The molecule has 0 atom stereocenters. The molecule has 3 heterocycles. The van der Waals surface area contributed by atoms with E-state index >= 15 is 8.78 Å². The van der Waals surface area contributed by atoms with Gasteiger partial charge in [0.15, 0.2) is 0 Å². The van der Waals surface area contributed by atoms with Crippen molar-refractivity contribution in [1.29, 1.82) is 0 Å². The van der Waals surface area contributed by atoms with E-state index in [0.717, 1.165) is 42.8 Å². The van der Waals surface area contributed by atoms with Gasteiger partial charge < -0.3 is 26.0 Å². The van der Waals surface area contributed by atoms with Crippen LogP contribution in [0.5, 0.6) is 5.75 Å². The Hall–Kier alpha value is -3.56. The van der Waals surface area contributed by atoms with Gasteiger partial charge in [-0.25, -0.2) is 9.37 Å². The van der Waals surface area contributed by atoms with Crippen LogP contribution in [0.1, 0.15) is 34.3 Å². The number of rotatable bonds is 6. The summed E-state index contributed by atoms with van der Waals surface area (Å²) in [6, 6.07) is 9.92. The van der Waals surface area contributed by atoms with Crippen molar-refractivity contribution < 1.29 is 18.3 Å². The second-order valence-corrected chi connectivity index (χ2v) is 9.88. The van der Waals surface area contributed by atoms with Crippen LogP contribution in [0.25, 0.3) is 22.3 Å². The molecule has 2 aliphatic heterocycles. The number of nitrogens with two attached hydrogens (primary N) is 1. The largest absolute Gasteiger partial charge is 0.490 e. The Balaban J connectivity index is 1.55. The second kappa shape index (κ2) is 10.4. The number of nitrogen functional groups attached to an aromatic ring is 1. The van der Waals surface area contributed by atoms with Gasteiger partial charge in [-0.05, 0) is 87.9 Å². The van der Waals surface area contributed by atoms with E-state index in [-0.39, 0.29) is 34.5 Å².